The fraction of sp³-hybridized carbons (Fsp3) is 0.308. The summed E-state index contributed by atoms with van der Waals surface area (Å²) in [5.74, 6) is 6.06. The zero-order valence-electron chi connectivity index (χ0n) is 9.66. The number of ether oxygens (including phenoxy) is 2. The first-order chi connectivity index (χ1) is 7.72. The molecule has 0 atom stereocenters. The van der Waals surface area contributed by atoms with Gasteiger partial charge in [-0.15, -0.1) is 0 Å². The molecule has 1 aromatic carbocycles. The lowest BCUT2D eigenvalue weighted by molar-refractivity contribution is 0.0600. The van der Waals surface area contributed by atoms with Gasteiger partial charge in [0.05, 0.1) is 19.8 Å². The van der Waals surface area contributed by atoms with E-state index in [2.05, 4.69) is 11.8 Å². The highest BCUT2D eigenvalue weighted by Crippen LogP contribution is 2.17. The molecule has 0 radical (unpaired) electrons. The van der Waals surface area contributed by atoms with E-state index in [9.17, 15) is 4.79 Å². The monoisotopic (exact) mass is 218 g/mol. The number of methoxy groups -OCH3 is 2. The quantitative estimate of drug-likeness (QED) is 0.564. The van der Waals surface area contributed by atoms with Crippen molar-refractivity contribution in [2.24, 2.45) is 0 Å². The minimum Gasteiger partial charge on any atom is -0.497 e. The summed E-state index contributed by atoms with van der Waals surface area (Å²) in [5.41, 5.74) is 1.09. The van der Waals surface area contributed by atoms with E-state index in [0.717, 1.165) is 6.42 Å². The van der Waals surface area contributed by atoms with Gasteiger partial charge in [-0.3, -0.25) is 0 Å². The molecule has 16 heavy (non-hydrogen) atoms. The van der Waals surface area contributed by atoms with Crippen LogP contribution < -0.4 is 4.74 Å². The Morgan fingerprint density at radius 3 is 2.69 bits per heavy atom. The van der Waals surface area contributed by atoms with Crippen molar-refractivity contribution in [3.8, 4) is 17.6 Å². The van der Waals surface area contributed by atoms with Gasteiger partial charge < -0.3 is 9.47 Å². The Morgan fingerprint density at radius 1 is 1.38 bits per heavy atom. The highest BCUT2D eigenvalue weighted by molar-refractivity contribution is 5.92. The molecule has 0 fully saturated rings. The van der Waals surface area contributed by atoms with Crippen LogP contribution in [0.1, 0.15) is 29.3 Å². The molecule has 0 aromatic heterocycles. The average molecular weight is 218 g/mol. The summed E-state index contributed by atoms with van der Waals surface area (Å²) in [7, 11) is 2.90. The van der Waals surface area contributed by atoms with Crippen molar-refractivity contribution in [3.05, 3.63) is 29.3 Å². The molecule has 0 saturated carbocycles. The van der Waals surface area contributed by atoms with Crippen molar-refractivity contribution in [1.82, 2.24) is 0 Å². The van der Waals surface area contributed by atoms with Crippen LogP contribution in [0.2, 0.25) is 0 Å². The third kappa shape index (κ3) is 2.77. The van der Waals surface area contributed by atoms with Crippen molar-refractivity contribution in [1.29, 1.82) is 0 Å². The molecule has 0 bridgehead atoms. The predicted octanol–water partition coefficient (Wildman–Crippen LogP) is 2.24. The van der Waals surface area contributed by atoms with Crippen LogP contribution in [0.15, 0.2) is 18.2 Å². The number of carbonyl (C=O) groups is 1. The number of hydrogen-bond donors (Lipinski definition) is 0. The Bertz CT molecular complexity index is 438. The minimum atomic E-state index is -0.403. The largest absolute Gasteiger partial charge is 0.497 e. The second-order valence-corrected chi connectivity index (χ2v) is 3.06. The van der Waals surface area contributed by atoms with Crippen LogP contribution in [-0.2, 0) is 4.74 Å². The summed E-state index contributed by atoms with van der Waals surface area (Å²) in [6.45, 7) is 1.95. The minimum absolute atomic E-state index is 0.403. The lowest BCUT2D eigenvalue weighted by Gasteiger charge is -2.05. The molecular weight excluding hydrogens is 204 g/mol. The molecule has 0 saturated heterocycles. The van der Waals surface area contributed by atoms with E-state index in [1.165, 1.54) is 7.11 Å². The van der Waals surface area contributed by atoms with Gasteiger partial charge in [-0.2, -0.15) is 0 Å². The van der Waals surface area contributed by atoms with E-state index in [1.54, 1.807) is 25.3 Å². The third-order valence-electron chi connectivity index (χ3n) is 2.03. The van der Waals surface area contributed by atoms with Crippen LogP contribution >= 0.6 is 0 Å². The molecule has 0 heterocycles. The summed E-state index contributed by atoms with van der Waals surface area (Å²) in [5, 5.41) is 0. The molecule has 0 amide bonds. The zero-order valence-corrected chi connectivity index (χ0v) is 9.66. The topological polar surface area (TPSA) is 35.5 Å². The second-order valence-electron chi connectivity index (χ2n) is 3.06. The summed E-state index contributed by atoms with van der Waals surface area (Å²) < 4.78 is 9.75. The van der Waals surface area contributed by atoms with Gasteiger partial charge in [-0.25, -0.2) is 4.79 Å². The number of hydrogen-bond acceptors (Lipinski definition) is 3. The summed E-state index contributed by atoms with van der Waals surface area (Å²) in [4.78, 5) is 11.5. The van der Waals surface area contributed by atoms with E-state index in [0.29, 0.717) is 16.9 Å². The first-order valence-corrected chi connectivity index (χ1v) is 4.98. The summed E-state index contributed by atoms with van der Waals surface area (Å²) >= 11 is 0. The van der Waals surface area contributed by atoms with E-state index in [4.69, 9.17) is 9.47 Å². The Labute approximate surface area is 95.4 Å². The van der Waals surface area contributed by atoms with Gasteiger partial charge in [0, 0.05) is 12.0 Å². The average Bonchev–Trinajstić information content (AvgIpc) is 2.35. The molecule has 84 valence electrons. The van der Waals surface area contributed by atoms with Crippen LogP contribution in [-0.4, -0.2) is 20.2 Å². The third-order valence-corrected chi connectivity index (χ3v) is 2.03. The maximum Gasteiger partial charge on any atom is 0.339 e. The number of esters is 1. The van der Waals surface area contributed by atoms with Crippen molar-refractivity contribution in [2.45, 2.75) is 13.3 Å². The number of carbonyl (C=O) groups excluding carboxylic acids is 1. The van der Waals surface area contributed by atoms with Crippen LogP contribution in [0.3, 0.4) is 0 Å². The molecular formula is C13H14O3. The first kappa shape index (κ1) is 12.1. The van der Waals surface area contributed by atoms with Crippen LogP contribution in [0.5, 0.6) is 5.75 Å². The van der Waals surface area contributed by atoms with E-state index < -0.39 is 5.97 Å². The first-order valence-electron chi connectivity index (χ1n) is 4.98. The van der Waals surface area contributed by atoms with E-state index >= 15 is 0 Å². The standard InChI is InChI=1S/C13H14O3/c1-4-5-6-10-7-8-11(15-2)9-12(10)13(14)16-3/h7-9H,4H2,1-3H3. The lowest BCUT2D eigenvalue weighted by Crippen LogP contribution is -2.04. The van der Waals surface area contributed by atoms with Gasteiger partial charge in [-0.1, -0.05) is 18.8 Å². The van der Waals surface area contributed by atoms with Crippen LogP contribution in [0.25, 0.3) is 0 Å². The van der Waals surface area contributed by atoms with Crippen molar-refractivity contribution >= 4 is 5.97 Å². The molecule has 1 rings (SSSR count). The smallest absolute Gasteiger partial charge is 0.339 e. The molecule has 0 aliphatic carbocycles. The van der Waals surface area contributed by atoms with Gasteiger partial charge >= 0.3 is 5.97 Å². The molecule has 3 heteroatoms. The molecule has 3 nitrogen and oxygen atoms in total. The Morgan fingerprint density at radius 2 is 2.12 bits per heavy atom. The highest BCUT2D eigenvalue weighted by Gasteiger charge is 2.11. The number of benzene rings is 1. The number of rotatable bonds is 2. The molecule has 1 aromatic rings. The fourth-order valence-corrected chi connectivity index (χ4v) is 1.22. The van der Waals surface area contributed by atoms with Crippen molar-refractivity contribution < 1.29 is 14.3 Å². The molecule has 0 aliphatic rings. The summed E-state index contributed by atoms with van der Waals surface area (Å²) in [6.07, 6.45) is 0.743. The maximum absolute atomic E-state index is 11.5. The second kappa shape index (κ2) is 5.82. The SMILES string of the molecule is CCC#Cc1ccc(OC)cc1C(=O)OC. The van der Waals surface area contributed by atoms with E-state index in [1.807, 2.05) is 6.92 Å². The van der Waals surface area contributed by atoms with Gasteiger partial charge in [0.2, 0.25) is 0 Å². The Kier molecular flexibility index (Phi) is 4.41. The van der Waals surface area contributed by atoms with Gasteiger partial charge in [0.25, 0.3) is 0 Å². The van der Waals surface area contributed by atoms with Crippen LogP contribution in [0, 0.1) is 11.8 Å². The van der Waals surface area contributed by atoms with Gasteiger partial charge in [0.15, 0.2) is 0 Å². The normalized spacial score (nSPS) is 8.94. The van der Waals surface area contributed by atoms with E-state index in [-0.39, 0.29) is 0 Å². The highest BCUT2D eigenvalue weighted by atomic mass is 16.5. The Hall–Kier alpha value is -1.95. The van der Waals surface area contributed by atoms with Gasteiger partial charge in [0.1, 0.15) is 5.75 Å². The van der Waals surface area contributed by atoms with Crippen molar-refractivity contribution in [2.75, 3.05) is 14.2 Å². The molecule has 0 aliphatic heterocycles. The summed E-state index contributed by atoms with van der Waals surface area (Å²) in [6, 6.07) is 5.16. The zero-order chi connectivity index (χ0) is 12.0. The van der Waals surface area contributed by atoms with Crippen LogP contribution in [0.4, 0.5) is 0 Å². The fourth-order valence-electron chi connectivity index (χ4n) is 1.22. The van der Waals surface area contributed by atoms with Crippen molar-refractivity contribution in [3.63, 3.8) is 0 Å². The molecule has 0 unspecified atom stereocenters. The van der Waals surface area contributed by atoms with Gasteiger partial charge in [-0.05, 0) is 18.2 Å². The molecule has 0 spiro atoms. The Balaban J connectivity index is 3.21. The molecule has 0 N–H and O–H groups in total. The maximum atomic E-state index is 11.5. The predicted molar refractivity (Wildman–Crippen MR) is 61.5 cm³/mol. The lowest BCUT2D eigenvalue weighted by atomic mass is 10.1.